The highest BCUT2D eigenvalue weighted by Gasteiger charge is 2.23. The Hall–Kier alpha value is -2.89. The maximum atomic E-state index is 13.0. The summed E-state index contributed by atoms with van der Waals surface area (Å²) in [5.74, 6) is -0.123. The molecular weight excluding hydrogens is 373 g/mol. The van der Waals surface area contributed by atoms with Gasteiger partial charge in [-0.2, -0.15) is 0 Å². The molecule has 0 aliphatic heterocycles. The highest BCUT2D eigenvalue weighted by molar-refractivity contribution is 5.86. The molecule has 0 aliphatic rings. The van der Waals surface area contributed by atoms with E-state index in [1.807, 2.05) is 0 Å². The van der Waals surface area contributed by atoms with Crippen LogP contribution in [0.2, 0.25) is 0 Å². The fraction of sp³-hybridized carbons (Fsp3) is 0.391. The van der Waals surface area contributed by atoms with E-state index in [0.717, 1.165) is 12.8 Å². The van der Waals surface area contributed by atoms with Crippen molar-refractivity contribution >= 4 is 11.9 Å². The molecule has 2 aromatic carbocycles. The summed E-state index contributed by atoms with van der Waals surface area (Å²) in [7, 11) is 1.27. The zero-order valence-electron chi connectivity index (χ0n) is 17.1. The van der Waals surface area contributed by atoms with Gasteiger partial charge in [0.05, 0.1) is 20.1 Å². The third-order valence-electron chi connectivity index (χ3n) is 4.55. The van der Waals surface area contributed by atoms with E-state index in [1.165, 1.54) is 31.4 Å². The lowest BCUT2D eigenvalue weighted by Crippen LogP contribution is -2.35. The van der Waals surface area contributed by atoms with Gasteiger partial charge in [-0.1, -0.05) is 44.5 Å². The van der Waals surface area contributed by atoms with Gasteiger partial charge < -0.3 is 14.8 Å². The molecule has 0 spiro atoms. The van der Waals surface area contributed by atoms with Gasteiger partial charge in [-0.25, -0.2) is 9.18 Å². The van der Waals surface area contributed by atoms with Crippen LogP contribution in [0.4, 0.5) is 4.39 Å². The van der Waals surface area contributed by atoms with Crippen molar-refractivity contribution in [3.05, 3.63) is 65.5 Å². The predicted octanol–water partition coefficient (Wildman–Crippen LogP) is 4.21. The van der Waals surface area contributed by atoms with Crippen molar-refractivity contribution in [2.24, 2.45) is 5.92 Å². The first-order chi connectivity index (χ1) is 13.9. The van der Waals surface area contributed by atoms with Crippen LogP contribution in [0.15, 0.2) is 48.5 Å². The van der Waals surface area contributed by atoms with E-state index in [-0.39, 0.29) is 18.1 Å². The molecule has 0 saturated heterocycles. The molecule has 1 unspecified atom stereocenters. The van der Waals surface area contributed by atoms with Crippen LogP contribution in [0.25, 0.3) is 0 Å². The van der Waals surface area contributed by atoms with Gasteiger partial charge in [0, 0.05) is 0 Å². The van der Waals surface area contributed by atoms with Crippen molar-refractivity contribution < 1.29 is 23.5 Å². The van der Waals surface area contributed by atoms with Gasteiger partial charge >= 0.3 is 5.97 Å². The van der Waals surface area contributed by atoms with Crippen molar-refractivity contribution in [3.8, 4) is 5.75 Å². The summed E-state index contributed by atoms with van der Waals surface area (Å²) in [5.41, 5.74) is 1.25. The first-order valence-electron chi connectivity index (χ1n) is 9.77. The van der Waals surface area contributed by atoms with Gasteiger partial charge in [0.1, 0.15) is 11.6 Å². The number of esters is 1. The molecule has 0 saturated carbocycles. The molecule has 29 heavy (non-hydrogen) atoms. The number of hydrogen-bond donors (Lipinski definition) is 1. The summed E-state index contributed by atoms with van der Waals surface area (Å²) < 4.78 is 23.6. The molecule has 2 aromatic rings. The maximum absolute atomic E-state index is 13.0. The van der Waals surface area contributed by atoms with Crippen molar-refractivity contribution in [1.29, 1.82) is 0 Å². The van der Waals surface area contributed by atoms with Crippen LogP contribution in [-0.4, -0.2) is 25.6 Å². The minimum absolute atomic E-state index is 0.0320. The van der Waals surface area contributed by atoms with E-state index in [2.05, 4.69) is 19.2 Å². The Morgan fingerprint density at radius 3 is 2.31 bits per heavy atom. The molecule has 0 fully saturated rings. The first kappa shape index (κ1) is 22.4. The standard InChI is InChI=1S/C23H28FNO4/c1-4-5-16(2)15-29-20-12-8-18(9-13-20)22(23(27)28-3)25-21(26)14-17-6-10-19(24)11-7-17/h6-13,16,22H,4-5,14-15H2,1-3H3,(H,25,26)/t16?,22-/m1/s1. The molecule has 0 heterocycles. The van der Waals surface area contributed by atoms with Gasteiger partial charge in [0.15, 0.2) is 6.04 Å². The quantitative estimate of drug-likeness (QED) is 0.606. The summed E-state index contributed by atoms with van der Waals surface area (Å²) in [6.45, 7) is 4.91. The molecule has 2 rings (SSSR count). The lowest BCUT2D eigenvalue weighted by Gasteiger charge is -2.18. The molecule has 0 aliphatic carbocycles. The second-order valence-electron chi connectivity index (χ2n) is 7.10. The average Bonchev–Trinajstić information content (AvgIpc) is 2.72. The first-order valence-corrected chi connectivity index (χ1v) is 9.77. The van der Waals surface area contributed by atoms with Crippen molar-refractivity contribution in [1.82, 2.24) is 5.32 Å². The fourth-order valence-corrected chi connectivity index (χ4v) is 2.97. The Kier molecular flexibility index (Phi) is 8.65. The summed E-state index contributed by atoms with van der Waals surface area (Å²) in [5, 5.41) is 2.69. The second kappa shape index (κ2) is 11.2. The molecular formula is C23H28FNO4. The van der Waals surface area contributed by atoms with Gasteiger partial charge in [-0.3, -0.25) is 4.79 Å². The van der Waals surface area contributed by atoms with Crippen LogP contribution in [0.1, 0.15) is 43.9 Å². The van der Waals surface area contributed by atoms with Crippen molar-refractivity contribution in [3.63, 3.8) is 0 Å². The van der Waals surface area contributed by atoms with Gasteiger partial charge in [0.2, 0.25) is 5.91 Å². The third kappa shape index (κ3) is 7.22. The van der Waals surface area contributed by atoms with E-state index >= 15 is 0 Å². The Labute approximate surface area is 171 Å². The molecule has 1 amide bonds. The number of nitrogens with one attached hydrogen (secondary N) is 1. The SMILES string of the molecule is CCCC(C)COc1ccc([C@@H](NC(=O)Cc2ccc(F)cc2)C(=O)OC)cc1. The van der Waals surface area contributed by atoms with Crippen LogP contribution in [-0.2, 0) is 20.7 Å². The molecule has 156 valence electrons. The zero-order chi connectivity index (χ0) is 21.2. The minimum atomic E-state index is -0.930. The topological polar surface area (TPSA) is 64.6 Å². The van der Waals surface area contributed by atoms with E-state index < -0.39 is 12.0 Å². The molecule has 0 radical (unpaired) electrons. The molecule has 5 nitrogen and oxygen atoms in total. The highest BCUT2D eigenvalue weighted by atomic mass is 19.1. The van der Waals surface area contributed by atoms with Crippen molar-refractivity contribution in [2.75, 3.05) is 13.7 Å². The van der Waals surface area contributed by atoms with Crippen LogP contribution < -0.4 is 10.1 Å². The fourth-order valence-electron chi connectivity index (χ4n) is 2.97. The number of rotatable bonds is 10. The number of carbonyl (C=O) groups excluding carboxylic acids is 2. The lowest BCUT2D eigenvalue weighted by atomic mass is 10.1. The number of carbonyl (C=O) groups is 2. The van der Waals surface area contributed by atoms with Crippen molar-refractivity contribution in [2.45, 2.75) is 39.2 Å². The highest BCUT2D eigenvalue weighted by Crippen LogP contribution is 2.20. The summed E-state index contributed by atoms with van der Waals surface area (Å²) >= 11 is 0. The van der Waals surface area contributed by atoms with Gasteiger partial charge in [0.25, 0.3) is 0 Å². The molecule has 6 heteroatoms. The summed E-state index contributed by atoms with van der Waals surface area (Å²) in [4.78, 5) is 24.6. The smallest absolute Gasteiger partial charge is 0.333 e. The summed E-state index contributed by atoms with van der Waals surface area (Å²) in [6, 6.07) is 11.7. The maximum Gasteiger partial charge on any atom is 0.333 e. The number of methoxy groups -OCH3 is 1. The molecule has 1 N–H and O–H groups in total. The number of ether oxygens (including phenoxy) is 2. The Morgan fingerprint density at radius 2 is 1.72 bits per heavy atom. The van der Waals surface area contributed by atoms with Crippen LogP contribution >= 0.6 is 0 Å². The zero-order valence-corrected chi connectivity index (χ0v) is 17.1. The van der Waals surface area contributed by atoms with Crippen LogP contribution in [0.5, 0.6) is 5.75 Å². The Morgan fingerprint density at radius 1 is 1.07 bits per heavy atom. The number of amides is 1. The van der Waals surface area contributed by atoms with E-state index in [9.17, 15) is 14.0 Å². The van der Waals surface area contributed by atoms with E-state index in [4.69, 9.17) is 9.47 Å². The number of benzene rings is 2. The number of halogens is 1. The average molecular weight is 401 g/mol. The summed E-state index contributed by atoms with van der Waals surface area (Å²) in [6.07, 6.45) is 2.24. The largest absolute Gasteiger partial charge is 0.493 e. The van der Waals surface area contributed by atoms with E-state index in [0.29, 0.717) is 29.4 Å². The van der Waals surface area contributed by atoms with E-state index in [1.54, 1.807) is 24.3 Å². The lowest BCUT2D eigenvalue weighted by molar-refractivity contribution is -0.145. The third-order valence-corrected chi connectivity index (χ3v) is 4.55. The van der Waals surface area contributed by atoms with Crippen LogP contribution in [0, 0.1) is 11.7 Å². The molecule has 0 aromatic heterocycles. The Bertz CT molecular complexity index is 790. The second-order valence-corrected chi connectivity index (χ2v) is 7.10. The normalized spacial score (nSPS) is 12.7. The monoisotopic (exact) mass is 401 g/mol. The number of hydrogen-bond acceptors (Lipinski definition) is 4. The van der Waals surface area contributed by atoms with Gasteiger partial charge in [-0.05, 0) is 47.7 Å². The molecule has 0 bridgehead atoms. The van der Waals surface area contributed by atoms with Gasteiger partial charge in [-0.15, -0.1) is 0 Å². The van der Waals surface area contributed by atoms with Crippen LogP contribution in [0.3, 0.4) is 0 Å². The predicted molar refractivity (Wildman–Crippen MR) is 109 cm³/mol. The Balaban J connectivity index is 2.02. The molecule has 2 atom stereocenters. The minimum Gasteiger partial charge on any atom is -0.493 e.